The van der Waals surface area contributed by atoms with E-state index in [-0.39, 0.29) is 0 Å². The Labute approximate surface area is 72.4 Å². The fraction of sp³-hybridized carbons (Fsp3) is 0.750. The van der Waals surface area contributed by atoms with Gasteiger partial charge in [0.15, 0.2) is 5.82 Å². The van der Waals surface area contributed by atoms with Gasteiger partial charge >= 0.3 is 6.01 Å². The lowest BCUT2D eigenvalue weighted by Gasteiger charge is -1.95. The summed E-state index contributed by atoms with van der Waals surface area (Å²) in [6.07, 6.45) is 1.05. The molecule has 4 nitrogen and oxygen atoms in total. The van der Waals surface area contributed by atoms with Gasteiger partial charge in [-0.25, -0.2) is 0 Å². The summed E-state index contributed by atoms with van der Waals surface area (Å²) in [6, 6.07) is 0.528. The highest BCUT2D eigenvalue weighted by molar-refractivity contribution is 5.18. The van der Waals surface area contributed by atoms with Crippen LogP contribution in [0.5, 0.6) is 0 Å². The fourth-order valence-corrected chi connectivity index (χ4v) is 0.773. The predicted octanol–water partition coefficient (Wildman–Crippen LogP) is 2.01. The molecule has 4 heteroatoms. The highest BCUT2D eigenvalue weighted by Crippen LogP contribution is 2.11. The summed E-state index contributed by atoms with van der Waals surface area (Å²) in [5.74, 6) is 1.08. The molecule has 1 N–H and O–H groups in total. The largest absolute Gasteiger partial charge is 0.338 e. The minimum absolute atomic E-state index is 0.325. The van der Waals surface area contributed by atoms with Crippen molar-refractivity contribution in [2.45, 2.75) is 33.1 Å². The molecule has 1 rings (SSSR count). The first-order chi connectivity index (χ1) is 5.74. The Balaban J connectivity index is 2.52. The standard InChI is InChI=1S/C8H15N3O/c1-4-5-9-8-10-7(6(2)3)11-12-8/h6H,4-5H2,1-3H3,(H,9,10,11). The fourth-order valence-electron chi connectivity index (χ4n) is 0.773. The third-order valence-electron chi connectivity index (χ3n) is 1.48. The molecular formula is C8H15N3O. The van der Waals surface area contributed by atoms with Crippen molar-refractivity contribution in [1.82, 2.24) is 10.1 Å². The number of nitrogens with one attached hydrogen (secondary N) is 1. The molecule has 1 aromatic rings. The Hall–Kier alpha value is -1.06. The van der Waals surface area contributed by atoms with E-state index < -0.39 is 0 Å². The van der Waals surface area contributed by atoms with Crippen LogP contribution < -0.4 is 5.32 Å². The molecule has 12 heavy (non-hydrogen) atoms. The molecule has 68 valence electrons. The van der Waals surface area contributed by atoms with Crippen molar-refractivity contribution in [2.75, 3.05) is 11.9 Å². The quantitative estimate of drug-likeness (QED) is 0.749. The molecule has 0 aliphatic rings. The lowest BCUT2D eigenvalue weighted by atomic mass is 10.2. The molecule has 0 fully saturated rings. The van der Waals surface area contributed by atoms with Crippen molar-refractivity contribution < 1.29 is 4.52 Å². The Morgan fingerprint density at radius 3 is 2.75 bits per heavy atom. The number of anilines is 1. The molecule has 0 aliphatic heterocycles. The summed E-state index contributed by atoms with van der Waals surface area (Å²) in [6.45, 7) is 7.04. The average Bonchev–Trinajstić information content (AvgIpc) is 2.48. The van der Waals surface area contributed by atoms with E-state index in [2.05, 4.69) is 22.4 Å². The summed E-state index contributed by atoms with van der Waals surface area (Å²) < 4.78 is 4.96. The summed E-state index contributed by atoms with van der Waals surface area (Å²) >= 11 is 0. The highest BCUT2D eigenvalue weighted by atomic mass is 16.5. The molecule has 0 amide bonds. The molecule has 1 aromatic heterocycles. The Bertz CT molecular complexity index is 232. The predicted molar refractivity (Wildman–Crippen MR) is 47.2 cm³/mol. The third-order valence-corrected chi connectivity index (χ3v) is 1.48. The van der Waals surface area contributed by atoms with Gasteiger partial charge in [0, 0.05) is 12.5 Å². The van der Waals surface area contributed by atoms with Crippen molar-refractivity contribution in [2.24, 2.45) is 0 Å². The number of hydrogen-bond acceptors (Lipinski definition) is 4. The van der Waals surface area contributed by atoms with Gasteiger partial charge in [-0.3, -0.25) is 0 Å². The minimum Gasteiger partial charge on any atom is -0.338 e. The lowest BCUT2D eigenvalue weighted by Crippen LogP contribution is -1.99. The molecule has 1 heterocycles. The summed E-state index contributed by atoms with van der Waals surface area (Å²) in [7, 11) is 0. The van der Waals surface area contributed by atoms with Crippen LogP contribution in [0.25, 0.3) is 0 Å². The molecule has 0 unspecified atom stereocenters. The van der Waals surface area contributed by atoms with Crippen molar-refractivity contribution in [1.29, 1.82) is 0 Å². The van der Waals surface area contributed by atoms with Crippen LogP contribution in [0.15, 0.2) is 4.52 Å². The normalized spacial score (nSPS) is 10.7. The smallest absolute Gasteiger partial charge is 0.321 e. The van der Waals surface area contributed by atoms with Gasteiger partial charge in [0.2, 0.25) is 0 Å². The van der Waals surface area contributed by atoms with Crippen LogP contribution in [0.3, 0.4) is 0 Å². The first-order valence-electron chi connectivity index (χ1n) is 4.31. The van der Waals surface area contributed by atoms with Gasteiger partial charge in [-0.1, -0.05) is 25.9 Å². The maximum absolute atomic E-state index is 4.96. The van der Waals surface area contributed by atoms with Crippen LogP contribution in [0.4, 0.5) is 6.01 Å². The average molecular weight is 169 g/mol. The van der Waals surface area contributed by atoms with Gasteiger partial charge < -0.3 is 9.84 Å². The van der Waals surface area contributed by atoms with Crippen molar-refractivity contribution in [3.8, 4) is 0 Å². The molecule has 0 bridgehead atoms. The van der Waals surface area contributed by atoms with Crippen LogP contribution in [0.2, 0.25) is 0 Å². The van der Waals surface area contributed by atoms with Gasteiger partial charge in [0.25, 0.3) is 0 Å². The van der Waals surface area contributed by atoms with E-state index in [0.29, 0.717) is 11.9 Å². The topological polar surface area (TPSA) is 51.0 Å². The van der Waals surface area contributed by atoms with E-state index in [0.717, 1.165) is 18.8 Å². The van der Waals surface area contributed by atoms with Gasteiger partial charge in [-0.05, 0) is 6.42 Å². The third kappa shape index (κ3) is 2.22. The summed E-state index contributed by atoms with van der Waals surface area (Å²) in [5.41, 5.74) is 0. The zero-order valence-corrected chi connectivity index (χ0v) is 7.79. The second kappa shape index (κ2) is 4.09. The van der Waals surface area contributed by atoms with E-state index in [1.54, 1.807) is 0 Å². The molecule has 0 saturated heterocycles. The van der Waals surface area contributed by atoms with Crippen molar-refractivity contribution in [3.05, 3.63) is 5.82 Å². The Morgan fingerprint density at radius 1 is 1.50 bits per heavy atom. The minimum atomic E-state index is 0.325. The number of rotatable bonds is 4. The molecule has 0 atom stereocenters. The summed E-state index contributed by atoms with van der Waals surface area (Å²) in [4.78, 5) is 4.16. The van der Waals surface area contributed by atoms with Crippen LogP contribution in [-0.4, -0.2) is 16.7 Å². The van der Waals surface area contributed by atoms with Crippen LogP contribution in [0, 0.1) is 0 Å². The van der Waals surface area contributed by atoms with E-state index >= 15 is 0 Å². The zero-order chi connectivity index (χ0) is 8.97. The van der Waals surface area contributed by atoms with E-state index in [4.69, 9.17) is 4.52 Å². The lowest BCUT2D eigenvalue weighted by molar-refractivity contribution is 0.419. The second-order valence-corrected chi connectivity index (χ2v) is 3.04. The molecular weight excluding hydrogens is 154 g/mol. The van der Waals surface area contributed by atoms with Gasteiger partial charge in [-0.15, -0.1) is 0 Å². The maximum atomic E-state index is 4.96. The molecule has 0 saturated carbocycles. The highest BCUT2D eigenvalue weighted by Gasteiger charge is 2.07. The second-order valence-electron chi connectivity index (χ2n) is 3.04. The molecule has 0 spiro atoms. The monoisotopic (exact) mass is 169 g/mol. The van der Waals surface area contributed by atoms with Crippen LogP contribution in [0.1, 0.15) is 38.9 Å². The number of aromatic nitrogens is 2. The zero-order valence-electron chi connectivity index (χ0n) is 7.79. The molecule has 0 aliphatic carbocycles. The van der Waals surface area contributed by atoms with Gasteiger partial charge in [0.05, 0.1) is 0 Å². The first-order valence-corrected chi connectivity index (χ1v) is 4.31. The van der Waals surface area contributed by atoms with Crippen molar-refractivity contribution >= 4 is 6.01 Å². The van der Waals surface area contributed by atoms with Gasteiger partial charge in [-0.2, -0.15) is 4.98 Å². The van der Waals surface area contributed by atoms with Crippen molar-refractivity contribution in [3.63, 3.8) is 0 Å². The first kappa shape index (κ1) is 9.03. The molecule has 0 radical (unpaired) electrons. The van der Waals surface area contributed by atoms with E-state index in [9.17, 15) is 0 Å². The Morgan fingerprint density at radius 2 is 2.25 bits per heavy atom. The van der Waals surface area contributed by atoms with E-state index in [1.165, 1.54) is 0 Å². The number of nitrogens with zero attached hydrogens (tertiary/aromatic N) is 2. The van der Waals surface area contributed by atoms with Gasteiger partial charge in [0.1, 0.15) is 0 Å². The SMILES string of the molecule is CCCNc1nc(C(C)C)no1. The van der Waals surface area contributed by atoms with E-state index in [1.807, 2.05) is 13.8 Å². The molecule has 0 aromatic carbocycles. The van der Waals surface area contributed by atoms with Crippen LogP contribution in [-0.2, 0) is 0 Å². The Kier molecular flexibility index (Phi) is 3.08. The maximum Gasteiger partial charge on any atom is 0.321 e. The van der Waals surface area contributed by atoms with Crippen LogP contribution >= 0.6 is 0 Å². The number of hydrogen-bond donors (Lipinski definition) is 1. The summed E-state index contributed by atoms with van der Waals surface area (Å²) in [5, 5.41) is 6.85.